The lowest BCUT2D eigenvalue weighted by Gasteiger charge is -2.32. The number of amides is 2. The van der Waals surface area contributed by atoms with Crippen molar-refractivity contribution in [2.45, 2.75) is 25.9 Å². The van der Waals surface area contributed by atoms with Crippen molar-refractivity contribution in [3.05, 3.63) is 23.8 Å². The maximum Gasteiger partial charge on any atom is 0.471 e. The number of carbonyl (C=O) groups is 2. The predicted molar refractivity (Wildman–Crippen MR) is 98.2 cm³/mol. The molecule has 9 heteroatoms. The Kier molecular flexibility index (Phi) is 6.12. The average molecular weight is 399 g/mol. The highest BCUT2D eigenvalue weighted by Gasteiger charge is 2.43. The number of nitrogens with zero attached hydrogens (tertiary/aromatic N) is 2. The number of morpholine rings is 1. The zero-order chi connectivity index (χ0) is 20.3. The van der Waals surface area contributed by atoms with Crippen molar-refractivity contribution < 1.29 is 27.5 Å². The molecule has 0 unspecified atom stereocenters. The van der Waals surface area contributed by atoms with Gasteiger partial charge >= 0.3 is 12.1 Å². The van der Waals surface area contributed by atoms with Gasteiger partial charge in [0.1, 0.15) is 0 Å². The summed E-state index contributed by atoms with van der Waals surface area (Å²) in [4.78, 5) is 26.9. The number of anilines is 2. The maximum atomic E-state index is 12.6. The first-order chi connectivity index (χ1) is 13.3. The fourth-order valence-electron chi connectivity index (χ4n) is 3.52. The van der Waals surface area contributed by atoms with E-state index in [1.54, 1.807) is 0 Å². The Balaban J connectivity index is 1.60. The van der Waals surface area contributed by atoms with Gasteiger partial charge in [-0.2, -0.15) is 13.2 Å². The van der Waals surface area contributed by atoms with Gasteiger partial charge in [0.15, 0.2) is 0 Å². The van der Waals surface area contributed by atoms with Gasteiger partial charge in [0.2, 0.25) is 5.91 Å². The first-order valence-electron chi connectivity index (χ1n) is 9.36. The number of piperidine rings is 1. The maximum absolute atomic E-state index is 12.6. The predicted octanol–water partition coefficient (Wildman–Crippen LogP) is 2.57. The SMILES string of the molecule is Cc1ccc(N2CCOCC2)cc1NC(=O)C1CCN(C(=O)C(F)(F)F)CC1. The first-order valence-corrected chi connectivity index (χ1v) is 9.36. The van der Waals surface area contributed by atoms with Gasteiger partial charge in [0.05, 0.1) is 13.2 Å². The summed E-state index contributed by atoms with van der Waals surface area (Å²) >= 11 is 0. The molecule has 6 nitrogen and oxygen atoms in total. The van der Waals surface area contributed by atoms with Gasteiger partial charge in [0, 0.05) is 43.5 Å². The summed E-state index contributed by atoms with van der Waals surface area (Å²) < 4.78 is 42.9. The largest absolute Gasteiger partial charge is 0.471 e. The standard InChI is InChI=1S/C19H24F3N3O3/c1-13-2-3-15(24-8-10-28-11-9-24)12-16(13)23-17(26)14-4-6-25(7-5-14)18(27)19(20,21)22/h2-3,12,14H,4-11H2,1H3,(H,23,26). The number of benzene rings is 1. The molecule has 0 aliphatic carbocycles. The average Bonchev–Trinajstić information content (AvgIpc) is 2.69. The van der Waals surface area contributed by atoms with E-state index in [9.17, 15) is 22.8 Å². The van der Waals surface area contributed by atoms with E-state index in [1.165, 1.54) is 0 Å². The smallest absolute Gasteiger partial charge is 0.378 e. The van der Waals surface area contributed by atoms with Crippen LogP contribution < -0.4 is 10.2 Å². The van der Waals surface area contributed by atoms with Crippen LogP contribution in [0, 0.1) is 12.8 Å². The third-order valence-electron chi connectivity index (χ3n) is 5.25. The molecule has 2 amide bonds. The van der Waals surface area contributed by atoms with Crippen molar-refractivity contribution in [2.24, 2.45) is 5.92 Å². The van der Waals surface area contributed by atoms with Crippen molar-refractivity contribution in [3.63, 3.8) is 0 Å². The van der Waals surface area contributed by atoms with Crippen molar-refractivity contribution in [2.75, 3.05) is 49.6 Å². The van der Waals surface area contributed by atoms with Gasteiger partial charge in [-0.05, 0) is 37.5 Å². The Hall–Kier alpha value is -2.29. The van der Waals surface area contributed by atoms with Gasteiger partial charge in [0.25, 0.3) is 0 Å². The number of rotatable bonds is 3. The Morgan fingerprint density at radius 3 is 2.36 bits per heavy atom. The molecule has 2 heterocycles. The second kappa shape index (κ2) is 8.38. The highest BCUT2D eigenvalue weighted by atomic mass is 19.4. The Labute approximate surface area is 161 Å². The summed E-state index contributed by atoms with van der Waals surface area (Å²) in [6.45, 7) is 4.63. The van der Waals surface area contributed by atoms with Crippen LogP contribution in [0.15, 0.2) is 18.2 Å². The van der Waals surface area contributed by atoms with E-state index < -0.39 is 18.0 Å². The molecule has 28 heavy (non-hydrogen) atoms. The Bertz CT molecular complexity index is 725. The summed E-state index contributed by atoms with van der Waals surface area (Å²) in [7, 11) is 0. The molecular weight excluding hydrogens is 375 g/mol. The summed E-state index contributed by atoms with van der Waals surface area (Å²) in [5, 5.41) is 2.91. The van der Waals surface area contributed by atoms with E-state index in [0.717, 1.165) is 29.2 Å². The van der Waals surface area contributed by atoms with E-state index in [4.69, 9.17) is 4.74 Å². The van der Waals surface area contributed by atoms with E-state index in [-0.39, 0.29) is 31.8 Å². The lowest BCUT2D eigenvalue weighted by molar-refractivity contribution is -0.186. The molecule has 0 bridgehead atoms. The van der Waals surface area contributed by atoms with Crippen molar-refractivity contribution in [1.82, 2.24) is 4.90 Å². The quantitative estimate of drug-likeness (QED) is 0.849. The first kappa shape index (κ1) is 20.4. The molecular formula is C19H24F3N3O3. The van der Waals surface area contributed by atoms with Gasteiger partial charge in [-0.25, -0.2) is 0 Å². The minimum Gasteiger partial charge on any atom is -0.378 e. The van der Waals surface area contributed by atoms with Crippen LogP contribution in [0.1, 0.15) is 18.4 Å². The number of alkyl halides is 3. The van der Waals surface area contributed by atoms with Crippen LogP contribution in [0.4, 0.5) is 24.5 Å². The molecule has 1 aromatic carbocycles. The second-order valence-corrected chi connectivity index (χ2v) is 7.15. The van der Waals surface area contributed by atoms with Gasteiger partial charge in [-0.3, -0.25) is 9.59 Å². The van der Waals surface area contributed by atoms with E-state index in [1.807, 2.05) is 25.1 Å². The fraction of sp³-hybridized carbons (Fsp3) is 0.579. The summed E-state index contributed by atoms with van der Waals surface area (Å²) in [6, 6.07) is 5.85. The lowest BCUT2D eigenvalue weighted by Crippen LogP contribution is -2.46. The molecule has 2 fully saturated rings. The number of aryl methyl sites for hydroxylation is 1. The number of likely N-dealkylation sites (tertiary alicyclic amines) is 1. The van der Waals surface area contributed by atoms with Crippen molar-refractivity contribution >= 4 is 23.2 Å². The molecule has 2 saturated heterocycles. The normalized spacial score (nSPS) is 18.9. The van der Waals surface area contributed by atoms with E-state index in [2.05, 4.69) is 10.2 Å². The third kappa shape index (κ3) is 4.76. The molecule has 0 aromatic heterocycles. The molecule has 0 radical (unpaired) electrons. The van der Waals surface area contributed by atoms with Crippen LogP contribution >= 0.6 is 0 Å². The Morgan fingerprint density at radius 1 is 1.11 bits per heavy atom. The molecule has 1 N–H and O–H groups in total. The topological polar surface area (TPSA) is 61.9 Å². The molecule has 3 rings (SSSR count). The van der Waals surface area contributed by atoms with Crippen LogP contribution in [0.5, 0.6) is 0 Å². The molecule has 0 spiro atoms. The summed E-state index contributed by atoms with van der Waals surface area (Å²) in [5.74, 6) is -2.47. The highest BCUT2D eigenvalue weighted by molar-refractivity contribution is 5.94. The zero-order valence-corrected chi connectivity index (χ0v) is 15.7. The third-order valence-corrected chi connectivity index (χ3v) is 5.25. The van der Waals surface area contributed by atoms with Crippen molar-refractivity contribution in [3.8, 4) is 0 Å². The number of carbonyl (C=O) groups excluding carboxylic acids is 2. The van der Waals surface area contributed by atoms with Crippen LogP contribution in [0.2, 0.25) is 0 Å². The van der Waals surface area contributed by atoms with Gasteiger partial charge in [-0.15, -0.1) is 0 Å². The number of ether oxygens (including phenoxy) is 1. The monoisotopic (exact) mass is 399 g/mol. The minimum atomic E-state index is -4.87. The summed E-state index contributed by atoms with van der Waals surface area (Å²) in [5.41, 5.74) is 2.60. The number of hydrogen-bond donors (Lipinski definition) is 1. The summed E-state index contributed by atoms with van der Waals surface area (Å²) in [6.07, 6.45) is -4.43. The van der Waals surface area contributed by atoms with Crippen LogP contribution in [0.25, 0.3) is 0 Å². The van der Waals surface area contributed by atoms with Gasteiger partial charge in [-0.1, -0.05) is 6.07 Å². The number of halogens is 3. The lowest BCUT2D eigenvalue weighted by atomic mass is 9.95. The second-order valence-electron chi connectivity index (χ2n) is 7.15. The molecule has 0 atom stereocenters. The van der Waals surface area contributed by atoms with E-state index >= 15 is 0 Å². The van der Waals surface area contributed by atoms with Crippen LogP contribution in [-0.4, -0.2) is 62.3 Å². The zero-order valence-electron chi connectivity index (χ0n) is 15.7. The molecule has 2 aliphatic heterocycles. The fourth-order valence-corrected chi connectivity index (χ4v) is 3.52. The van der Waals surface area contributed by atoms with Crippen LogP contribution in [-0.2, 0) is 14.3 Å². The highest BCUT2D eigenvalue weighted by Crippen LogP contribution is 2.27. The molecule has 154 valence electrons. The minimum absolute atomic E-state index is 0.0662. The molecule has 0 saturated carbocycles. The molecule has 2 aliphatic rings. The Morgan fingerprint density at radius 2 is 1.75 bits per heavy atom. The number of hydrogen-bond acceptors (Lipinski definition) is 4. The number of nitrogens with one attached hydrogen (secondary N) is 1. The molecule has 1 aromatic rings. The van der Waals surface area contributed by atoms with Crippen LogP contribution in [0.3, 0.4) is 0 Å². The van der Waals surface area contributed by atoms with Crippen molar-refractivity contribution in [1.29, 1.82) is 0 Å². The van der Waals surface area contributed by atoms with E-state index in [0.29, 0.717) is 18.9 Å². The van der Waals surface area contributed by atoms with Gasteiger partial charge < -0.3 is 19.9 Å².